The van der Waals surface area contributed by atoms with Crippen LogP contribution in [-0.2, 0) is 0 Å². The molecular weight excluding hydrogens is 208 g/mol. The standard InChI is InChI=1S/C15H32N2/c1-6-16-12-15(4,5)13-17-10-7-8-14(2,3)9-11-17/h16H,6-13H2,1-5H3. The summed E-state index contributed by atoms with van der Waals surface area (Å²) in [5.74, 6) is 0. The Labute approximate surface area is 108 Å². The van der Waals surface area contributed by atoms with Crippen molar-refractivity contribution in [3.63, 3.8) is 0 Å². The predicted molar refractivity (Wildman–Crippen MR) is 76.4 cm³/mol. The van der Waals surface area contributed by atoms with Crippen LogP contribution in [0.4, 0.5) is 0 Å². The summed E-state index contributed by atoms with van der Waals surface area (Å²) >= 11 is 0. The molecule has 2 nitrogen and oxygen atoms in total. The maximum absolute atomic E-state index is 3.48. The van der Waals surface area contributed by atoms with Crippen LogP contribution in [-0.4, -0.2) is 37.6 Å². The van der Waals surface area contributed by atoms with E-state index in [1.54, 1.807) is 0 Å². The molecule has 0 saturated carbocycles. The van der Waals surface area contributed by atoms with Crippen LogP contribution in [0.25, 0.3) is 0 Å². The fourth-order valence-corrected chi connectivity index (χ4v) is 2.76. The van der Waals surface area contributed by atoms with Crippen molar-refractivity contribution in [2.45, 2.75) is 53.9 Å². The van der Waals surface area contributed by atoms with Gasteiger partial charge in [0.1, 0.15) is 0 Å². The maximum atomic E-state index is 3.48. The largest absolute Gasteiger partial charge is 0.316 e. The van der Waals surface area contributed by atoms with E-state index >= 15 is 0 Å². The second kappa shape index (κ2) is 6.19. The van der Waals surface area contributed by atoms with E-state index in [4.69, 9.17) is 0 Å². The molecule has 1 fully saturated rings. The molecule has 0 radical (unpaired) electrons. The smallest absolute Gasteiger partial charge is 0.00448 e. The summed E-state index contributed by atoms with van der Waals surface area (Å²) in [6.45, 7) is 17.8. The highest BCUT2D eigenvalue weighted by Crippen LogP contribution is 2.30. The van der Waals surface area contributed by atoms with E-state index in [1.807, 2.05) is 0 Å². The molecule has 17 heavy (non-hydrogen) atoms. The summed E-state index contributed by atoms with van der Waals surface area (Å²) in [4.78, 5) is 2.67. The fraction of sp³-hybridized carbons (Fsp3) is 1.00. The summed E-state index contributed by atoms with van der Waals surface area (Å²) in [5.41, 5.74) is 0.949. The summed E-state index contributed by atoms with van der Waals surface area (Å²) in [7, 11) is 0. The summed E-state index contributed by atoms with van der Waals surface area (Å²) in [6.07, 6.45) is 4.10. The highest BCUT2D eigenvalue weighted by atomic mass is 15.1. The van der Waals surface area contributed by atoms with Crippen molar-refractivity contribution in [3.05, 3.63) is 0 Å². The molecule has 2 heteroatoms. The summed E-state index contributed by atoms with van der Waals surface area (Å²) in [5, 5.41) is 3.48. The van der Waals surface area contributed by atoms with Crippen LogP contribution in [0.5, 0.6) is 0 Å². The van der Waals surface area contributed by atoms with Crippen molar-refractivity contribution < 1.29 is 0 Å². The van der Waals surface area contributed by atoms with E-state index < -0.39 is 0 Å². The van der Waals surface area contributed by atoms with Gasteiger partial charge in [0.2, 0.25) is 0 Å². The van der Waals surface area contributed by atoms with E-state index in [-0.39, 0.29) is 0 Å². The van der Waals surface area contributed by atoms with Crippen LogP contribution >= 0.6 is 0 Å². The minimum Gasteiger partial charge on any atom is -0.316 e. The number of hydrogen-bond donors (Lipinski definition) is 1. The van der Waals surface area contributed by atoms with Crippen molar-refractivity contribution in [1.82, 2.24) is 10.2 Å². The van der Waals surface area contributed by atoms with E-state index in [0.717, 1.165) is 13.1 Å². The van der Waals surface area contributed by atoms with Crippen LogP contribution in [0.2, 0.25) is 0 Å². The lowest BCUT2D eigenvalue weighted by Gasteiger charge is -2.32. The van der Waals surface area contributed by atoms with Gasteiger partial charge in [0.05, 0.1) is 0 Å². The van der Waals surface area contributed by atoms with Gasteiger partial charge in [-0.1, -0.05) is 34.6 Å². The highest BCUT2D eigenvalue weighted by Gasteiger charge is 2.26. The third kappa shape index (κ3) is 5.87. The van der Waals surface area contributed by atoms with Crippen LogP contribution < -0.4 is 5.32 Å². The number of likely N-dealkylation sites (tertiary alicyclic amines) is 1. The van der Waals surface area contributed by atoms with Crippen molar-refractivity contribution in [3.8, 4) is 0 Å². The highest BCUT2D eigenvalue weighted by molar-refractivity contribution is 4.81. The molecule has 1 rings (SSSR count). The Bertz CT molecular complexity index is 221. The average Bonchev–Trinajstić information content (AvgIpc) is 2.37. The van der Waals surface area contributed by atoms with Gasteiger partial charge in [-0.3, -0.25) is 0 Å². The molecule has 0 amide bonds. The molecule has 1 heterocycles. The zero-order chi connectivity index (χ0) is 12.9. The van der Waals surface area contributed by atoms with Crippen LogP contribution in [0.15, 0.2) is 0 Å². The molecule has 0 bridgehead atoms. The minimum absolute atomic E-state index is 0.393. The normalized spacial score (nSPS) is 22.4. The second-order valence-corrected chi connectivity index (χ2v) is 7.24. The van der Waals surface area contributed by atoms with E-state index in [0.29, 0.717) is 10.8 Å². The zero-order valence-corrected chi connectivity index (χ0v) is 12.6. The molecular formula is C15H32N2. The number of nitrogens with one attached hydrogen (secondary N) is 1. The molecule has 0 aromatic heterocycles. The van der Waals surface area contributed by atoms with Crippen molar-refractivity contribution in [2.75, 3.05) is 32.7 Å². The van der Waals surface area contributed by atoms with Crippen molar-refractivity contribution >= 4 is 0 Å². The lowest BCUT2D eigenvalue weighted by molar-refractivity contribution is 0.174. The minimum atomic E-state index is 0.393. The predicted octanol–water partition coefficient (Wildman–Crippen LogP) is 3.13. The molecule has 0 aromatic carbocycles. The molecule has 0 atom stereocenters. The lowest BCUT2D eigenvalue weighted by Crippen LogP contribution is -2.41. The Morgan fingerprint density at radius 3 is 2.53 bits per heavy atom. The average molecular weight is 240 g/mol. The molecule has 0 spiro atoms. The first-order chi connectivity index (χ1) is 7.85. The number of hydrogen-bond acceptors (Lipinski definition) is 2. The van der Waals surface area contributed by atoms with Crippen molar-refractivity contribution in [1.29, 1.82) is 0 Å². The zero-order valence-electron chi connectivity index (χ0n) is 12.6. The molecule has 0 aromatic rings. The number of nitrogens with zero attached hydrogens (tertiary/aromatic N) is 1. The van der Waals surface area contributed by atoms with E-state index in [9.17, 15) is 0 Å². The first-order valence-electron chi connectivity index (χ1n) is 7.28. The second-order valence-electron chi connectivity index (χ2n) is 7.24. The Balaban J connectivity index is 2.40. The van der Waals surface area contributed by atoms with Gasteiger partial charge in [0.25, 0.3) is 0 Å². The molecule has 0 aliphatic carbocycles. The van der Waals surface area contributed by atoms with Crippen LogP contribution in [0.3, 0.4) is 0 Å². The van der Waals surface area contributed by atoms with Crippen LogP contribution in [0.1, 0.15) is 53.9 Å². The van der Waals surface area contributed by atoms with Gasteiger partial charge < -0.3 is 10.2 Å². The van der Waals surface area contributed by atoms with Gasteiger partial charge in [0, 0.05) is 13.1 Å². The topological polar surface area (TPSA) is 15.3 Å². The first-order valence-corrected chi connectivity index (χ1v) is 7.28. The molecule has 0 unspecified atom stereocenters. The van der Waals surface area contributed by atoms with Gasteiger partial charge in [-0.25, -0.2) is 0 Å². The molecule has 102 valence electrons. The Kier molecular flexibility index (Phi) is 5.46. The third-order valence-electron chi connectivity index (χ3n) is 3.94. The molecule has 1 N–H and O–H groups in total. The lowest BCUT2D eigenvalue weighted by atomic mass is 9.85. The van der Waals surface area contributed by atoms with Gasteiger partial charge >= 0.3 is 0 Å². The Morgan fingerprint density at radius 1 is 1.18 bits per heavy atom. The van der Waals surface area contributed by atoms with Crippen LogP contribution in [0, 0.1) is 10.8 Å². The van der Waals surface area contributed by atoms with Crippen molar-refractivity contribution in [2.24, 2.45) is 10.8 Å². The quantitative estimate of drug-likeness (QED) is 0.794. The van der Waals surface area contributed by atoms with E-state index in [1.165, 1.54) is 38.9 Å². The Hall–Kier alpha value is -0.0800. The summed E-state index contributed by atoms with van der Waals surface area (Å²) < 4.78 is 0. The third-order valence-corrected chi connectivity index (χ3v) is 3.94. The SMILES string of the molecule is CCNCC(C)(C)CN1CCCC(C)(C)CC1. The Morgan fingerprint density at radius 2 is 1.88 bits per heavy atom. The van der Waals surface area contributed by atoms with E-state index in [2.05, 4.69) is 44.8 Å². The van der Waals surface area contributed by atoms with Gasteiger partial charge in [-0.05, 0) is 49.7 Å². The fourth-order valence-electron chi connectivity index (χ4n) is 2.76. The molecule has 1 aliphatic rings. The molecule has 1 aliphatic heterocycles. The van der Waals surface area contributed by atoms with Gasteiger partial charge in [0.15, 0.2) is 0 Å². The van der Waals surface area contributed by atoms with Gasteiger partial charge in [-0.2, -0.15) is 0 Å². The van der Waals surface area contributed by atoms with Gasteiger partial charge in [-0.15, -0.1) is 0 Å². The maximum Gasteiger partial charge on any atom is 0.00448 e. The number of rotatable bonds is 5. The monoisotopic (exact) mass is 240 g/mol. The summed E-state index contributed by atoms with van der Waals surface area (Å²) in [6, 6.07) is 0. The first kappa shape index (κ1) is 15.0. The molecule has 1 saturated heterocycles.